The molecule has 5 heteroatoms. The van der Waals surface area contributed by atoms with Crippen molar-refractivity contribution >= 4 is 11.9 Å². The predicted octanol–water partition coefficient (Wildman–Crippen LogP) is 5.61. The van der Waals surface area contributed by atoms with E-state index in [2.05, 4.69) is 19.8 Å². The van der Waals surface area contributed by atoms with Crippen molar-refractivity contribution in [3.05, 3.63) is 58.7 Å². The van der Waals surface area contributed by atoms with Crippen LogP contribution >= 0.6 is 0 Å². The molecule has 5 nitrogen and oxygen atoms in total. The van der Waals surface area contributed by atoms with E-state index in [9.17, 15) is 9.59 Å². The molecule has 174 valence electrons. The standard InChI is InChI=1S/C28H32O5/c1-7-9-14-31-24(29)15-19-10-12-22(13-11-19)32-26(30)21-16-20(8-2)25-23(17-21)27(3,4)18-28(5,6)33-25/h2,10-13,16-17H,7,9,14-15,18H2,1,3-6H3. The Labute approximate surface area is 196 Å². The van der Waals surface area contributed by atoms with Gasteiger partial charge in [0.05, 0.1) is 24.2 Å². The molecule has 0 bridgehead atoms. The topological polar surface area (TPSA) is 61.8 Å². The van der Waals surface area contributed by atoms with Crippen molar-refractivity contribution in [2.75, 3.05) is 6.61 Å². The van der Waals surface area contributed by atoms with Gasteiger partial charge in [0.2, 0.25) is 0 Å². The Morgan fingerprint density at radius 2 is 1.82 bits per heavy atom. The number of terminal acetylenes is 1. The monoisotopic (exact) mass is 448 g/mol. The van der Waals surface area contributed by atoms with Gasteiger partial charge in [-0.2, -0.15) is 0 Å². The van der Waals surface area contributed by atoms with Crippen LogP contribution in [0, 0.1) is 12.3 Å². The highest BCUT2D eigenvalue weighted by molar-refractivity contribution is 5.92. The number of ether oxygens (including phenoxy) is 3. The number of hydrogen-bond donors (Lipinski definition) is 0. The first-order chi connectivity index (χ1) is 15.5. The van der Waals surface area contributed by atoms with Gasteiger partial charge < -0.3 is 14.2 Å². The molecule has 33 heavy (non-hydrogen) atoms. The molecular formula is C28H32O5. The third-order valence-electron chi connectivity index (χ3n) is 5.70. The number of carbonyl (C=O) groups is 2. The summed E-state index contributed by atoms with van der Waals surface area (Å²) in [6.45, 7) is 10.8. The molecule has 0 unspecified atom stereocenters. The highest BCUT2D eigenvalue weighted by Gasteiger charge is 2.40. The normalized spacial score (nSPS) is 15.5. The van der Waals surface area contributed by atoms with Crippen LogP contribution in [0.4, 0.5) is 0 Å². The third-order valence-corrected chi connectivity index (χ3v) is 5.70. The Hall–Kier alpha value is -3.26. The van der Waals surface area contributed by atoms with E-state index in [4.69, 9.17) is 20.6 Å². The Kier molecular flexibility index (Phi) is 7.17. The van der Waals surface area contributed by atoms with Crippen molar-refractivity contribution in [1.29, 1.82) is 0 Å². The molecule has 0 fully saturated rings. The summed E-state index contributed by atoms with van der Waals surface area (Å²) in [6, 6.07) is 10.3. The van der Waals surface area contributed by atoms with Crippen LogP contribution in [0.2, 0.25) is 0 Å². The maximum absolute atomic E-state index is 12.9. The lowest BCUT2D eigenvalue weighted by atomic mass is 9.72. The van der Waals surface area contributed by atoms with Gasteiger partial charge in [-0.3, -0.25) is 4.79 Å². The van der Waals surface area contributed by atoms with E-state index < -0.39 is 5.97 Å². The predicted molar refractivity (Wildman–Crippen MR) is 128 cm³/mol. The maximum atomic E-state index is 12.9. The number of unbranched alkanes of at least 4 members (excludes halogenated alkanes) is 1. The van der Waals surface area contributed by atoms with Crippen LogP contribution in [0.1, 0.15) is 80.9 Å². The average molecular weight is 449 g/mol. The van der Waals surface area contributed by atoms with E-state index in [1.165, 1.54) is 0 Å². The van der Waals surface area contributed by atoms with Crippen molar-refractivity contribution in [2.45, 2.75) is 71.3 Å². The van der Waals surface area contributed by atoms with Crippen LogP contribution in [0.25, 0.3) is 0 Å². The van der Waals surface area contributed by atoms with Crippen molar-refractivity contribution < 1.29 is 23.8 Å². The largest absolute Gasteiger partial charge is 0.486 e. The van der Waals surface area contributed by atoms with E-state index in [1.807, 2.05) is 26.8 Å². The lowest BCUT2D eigenvalue weighted by Crippen LogP contribution is -2.41. The summed E-state index contributed by atoms with van der Waals surface area (Å²) in [4.78, 5) is 24.8. The number of fused-ring (bicyclic) bond motifs is 1. The van der Waals surface area contributed by atoms with Crippen LogP contribution in [-0.4, -0.2) is 24.1 Å². The summed E-state index contributed by atoms with van der Waals surface area (Å²) in [5.74, 6) is 2.94. The van der Waals surface area contributed by atoms with Gasteiger partial charge in [0.1, 0.15) is 17.1 Å². The molecule has 0 radical (unpaired) electrons. The quantitative estimate of drug-likeness (QED) is 0.238. The minimum atomic E-state index is -0.498. The summed E-state index contributed by atoms with van der Waals surface area (Å²) in [7, 11) is 0. The molecule has 0 amide bonds. The van der Waals surface area contributed by atoms with Crippen molar-refractivity contribution in [2.24, 2.45) is 0 Å². The fourth-order valence-corrected chi connectivity index (χ4v) is 4.33. The molecule has 0 spiro atoms. The molecular weight excluding hydrogens is 416 g/mol. The van der Waals surface area contributed by atoms with Gasteiger partial charge in [0, 0.05) is 5.56 Å². The Bertz CT molecular complexity index is 1070. The summed E-state index contributed by atoms with van der Waals surface area (Å²) >= 11 is 0. The van der Waals surface area contributed by atoms with Crippen LogP contribution < -0.4 is 9.47 Å². The van der Waals surface area contributed by atoms with Crippen molar-refractivity contribution in [3.63, 3.8) is 0 Å². The van der Waals surface area contributed by atoms with E-state index in [0.29, 0.717) is 29.2 Å². The van der Waals surface area contributed by atoms with Crippen molar-refractivity contribution in [1.82, 2.24) is 0 Å². The first-order valence-electron chi connectivity index (χ1n) is 11.4. The maximum Gasteiger partial charge on any atom is 0.343 e. The van der Waals surface area contributed by atoms with E-state index in [1.54, 1.807) is 30.3 Å². The molecule has 2 aromatic rings. The fraction of sp³-hybridized carbons (Fsp3) is 0.429. The highest BCUT2D eigenvalue weighted by atomic mass is 16.5. The summed E-state index contributed by atoms with van der Waals surface area (Å²) in [5, 5.41) is 0. The lowest BCUT2D eigenvalue weighted by Gasteiger charge is -2.43. The number of benzene rings is 2. The Morgan fingerprint density at radius 3 is 2.45 bits per heavy atom. The van der Waals surface area contributed by atoms with Gasteiger partial charge in [-0.25, -0.2) is 4.79 Å². The summed E-state index contributed by atoms with van der Waals surface area (Å²) in [6.07, 6.45) is 8.55. The second-order valence-corrected chi connectivity index (χ2v) is 9.75. The highest BCUT2D eigenvalue weighted by Crippen LogP contribution is 2.46. The third kappa shape index (κ3) is 5.96. The van der Waals surface area contributed by atoms with Gasteiger partial charge in [0.15, 0.2) is 0 Å². The first-order valence-corrected chi connectivity index (χ1v) is 11.4. The van der Waals surface area contributed by atoms with Crippen LogP contribution in [0.15, 0.2) is 36.4 Å². The molecule has 2 aromatic carbocycles. The average Bonchev–Trinajstić information content (AvgIpc) is 2.73. The molecule has 0 saturated carbocycles. The Morgan fingerprint density at radius 1 is 1.12 bits per heavy atom. The van der Waals surface area contributed by atoms with Gasteiger partial charge in [-0.05, 0) is 61.9 Å². The fourth-order valence-electron chi connectivity index (χ4n) is 4.33. The van der Waals surface area contributed by atoms with Gasteiger partial charge in [-0.1, -0.05) is 45.2 Å². The van der Waals surface area contributed by atoms with E-state index in [0.717, 1.165) is 30.4 Å². The van der Waals surface area contributed by atoms with Crippen LogP contribution in [0.5, 0.6) is 11.5 Å². The minimum Gasteiger partial charge on any atom is -0.486 e. The number of hydrogen-bond acceptors (Lipinski definition) is 5. The molecule has 0 saturated heterocycles. The first kappa shape index (κ1) is 24.4. The number of esters is 2. The molecule has 1 aliphatic rings. The molecule has 0 atom stereocenters. The van der Waals surface area contributed by atoms with Crippen molar-refractivity contribution in [3.8, 4) is 23.8 Å². The second kappa shape index (κ2) is 9.70. The zero-order valence-corrected chi connectivity index (χ0v) is 20.1. The van der Waals surface area contributed by atoms with Crippen LogP contribution in [-0.2, 0) is 21.4 Å². The lowest BCUT2D eigenvalue weighted by molar-refractivity contribution is -0.142. The summed E-state index contributed by atoms with van der Waals surface area (Å²) < 4.78 is 16.9. The summed E-state index contributed by atoms with van der Waals surface area (Å²) in [5.41, 5.74) is 2.04. The number of rotatable bonds is 7. The Balaban J connectivity index is 1.75. The van der Waals surface area contributed by atoms with Crippen LogP contribution in [0.3, 0.4) is 0 Å². The van der Waals surface area contributed by atoms with Gasteiger partial charge >= 0.3 is 11.9 Å². The zero-order valence-electron chi connectivity index (χ0n) is 20.1. The smallest absolute Gasteiger partial charge is 0.343 e. The van der Waals surface area contributed by atoms with E-state index >= 15 is 0 Å². The van der Waals surface area contributed by atoms with E-state index in [-0.39, 0.29) is 23.4 Å². The molecule has 3 rings (SSSR count). The minimum absolute atomic E-state index is 0.180. The zero-order chi connectivity index (χ0) is 24.2. The molecule has 0 aromatic heterocycles. The molecule has 0 aliphatic carbocycles. The SMILES string of the molecule is C#Cc1cc(C(=O)Oc2ccc(CC(=O)OCCCC)cc2)cc2c1OC(C)(C)CC2(C)C. The second-order valence-electron chi connectivity index (χ2n) is 9.75. The molecule has 0 N–H and O–H groups in total. The molecule has 1 aliphatic heterocycles. The number of carbonyl (C=O) groups excluding carboxylic acids is 2. The van der Waals surface area contributed by atoms with Gasteiger partial charge in [0.25, 0.3) is 0 Å². The molecule has 1 heterocycles. The van der Waals surface area contributed by atoms with Gasteiger partial charge in [-0.15, -0.1) is 6.42 Å².